The molecule has 0 amide bonds. The Labute approximate surface area is 101 Å². The molecule has 0 bridgehead atoms. The van der Waals surface area contributed by atoms with Gasteiger partial charge in [-0.15, -0.1) is 0 Å². The summed E-state index contributed by atoms with van der Waals surface area (Å²) in [5.41, 5.74) is 6.21. The maximum absolute atomic E-state index is 5.64. The topological polar surface area (TPSA) is 21.3 Å². The van der Waals surface area contributed by atoms with Crippen LogP contribution in [0.15, 0.2) is 42.5 Å². The summed E-state index contributed by atoms with van der Waals surface area (Å²) >= 11 is 0. The van der Waals surface area contributed by atoms with E-state index < -0.39 is 0 Å². The molecule has 0 saturated heterocycles. The third-order valence-electron chi connectivity index (χ3n) is 3.39. The Morgan fingerprint density at radius 3 is 2.53 bits per heavy atom. The highest BCUT2D eigenvalue weighted by Gasteiger charge is 2.28. The SMILES string of the molecule is CNc1ccc2c(c1)C(OC)c1ccccc1-2. The van der Waals surface area contributed by atoms with Gasteiger partial charge in [0.1, 0.15) is 6.10 Å². The zero-order valence-corrected chi connectivity index (χ0v) is 10.0. The first-order chi connectivity index (χ1) is 8.35. The molecule has 0 spiro atoms. The molecule has 0 radical (unpaired) electrons. The van der Waals surface area contributed by atoms with Gasteiger partial charge in [-0.2, -0.15) is 0 Å². The molecule has 17 heavy (non-hydrogen) atoms. The highest BCUT2D eigenvalue weighted by molar-refractivity contribution is 5.79. The Kier molecular flexibility index (Phi) is 2.37. The van der Waals surface area contributed by atoms with Gasteiger partial charge in [0, 0.05) is 19.8 Å². The lowest BCUT2D eigenvalue weighted by Gasteiger charge is -2.12. The second kappa shape index (κ2) is 3.90. The first kappa shape index (κ1) is 10.4. The summed E-state index contributed by atoms with van der Waals surface area (Å²) in [5.74, 6) is 0. The van der Waals surface area contributed by atoms with Gasteiger partial charge in [0.2, 0.25) is 0 Å². The van der Waals surface area contributed by atoms with Crippen LogP contribution in [0.2, 0.25) is 0 Å². The fraction of sp³-hybridized carbons (Fsp3) is 0.200. The molecule has 1 atom stereocenters. The minimum atomic E-state index is 0.0644. The molecule has 2 aromatic carbocycles. The van der Waals surface area contributed by atoms with Crippen LogP contribution in [0.5, 0.6) is 0 Å². The Balaban J connectivity index is 2.23. The number of anilines is 1. The fourth-order valence-corrected chi connectivity index (χ4v) is 2.57. The monoisotopic (exact) mass is 225 g/mol. The van der Waals surface area contributed by atoms with Gasteiger partial charge < -0.3 is 10.1 Å². The number of methoxy groups -OCH3 is 1. The lowest BCUT2D eigenvalue weighted by atomic mass is 10.1. The summed E-state index contributed by atoms with van der Waals surface area (Å²) in [4.78, 5) is 0. The van der Waals surface area contributed by atoms with Crippen LogP contribution >= 0.6 is 0 Å². The molecule has 0 aliphatic heterocycles. The van der Waals surface area contributed by atoms with Gasteiger partial charge in [-0.1, -0.05) is 30.3 Å². The van der Waals surface area contributed by atoms with E-state index in [1.54, 1.807) is 7.11 Å². The molecule has 1 N–H and O–H groups in total. The standard InChI is InChI=1S/C15H15NO/c1-16-10-7-8-12-11-5-3-4-6-13(11)15(17-2)14(12)9-10/h3-9,15-16H,1-2H3. The van der Waals surface area contributed by atoms with Crippen molar-refractivity contribution < 1.29 is 4.74 Å². The predicted molar refractivity (Wildman–Crippen MR) is 70.3 cm³/mol. The summed E-state index contributed by atoms with van der Waals surface area (Å²) in [7, 11) is 3.70. The second-order valence-electron chi connectivity index (χ2n) is 4.26. The molecular weight excluding hydrogens is 210 g/mol. The largest absolute Gasteiger partial charge is 0.388 e. The van der Waals surface area contributed by atoms with Crippen LogP contribution < -0.4 is 5.32 Å². The third kappa shape index (κ3) is 1.45. The van der Waals surface area contributed by atoms with Crippen molar-refractivity contribution in [2.24, 2.45) is 0 Å². The number of hydrogen-bond donors (Lipinski definition) is 1. The van der Waals surface area contributed by atoms with E-state index in [0.717, 1.165) is 5.69 Å². The predicted octanol–water partition coefficient (Wildman–Crippen LogP) is 3.44. The normalized spacial score (nSPS) is 16.5. The molecule has 0 saturated carbocycles. The van der Waals surface area contributed by atoms with E-state index in [9.17, 15) is 0 Å². The van der Waals surface area contributed by atoms with Crippen LogP contribution in [0.4, 0.5) is 5.69 Å². The Morgan fingerprint density at radius 1 is 1.00 bits per heavy atom. The van der Waals surface area contributed by atoms with E-state index in [1.807, 2.05) is 7.05 Å². The van der Waals surface area contributed by atoms with Crippen molar-refractivity contribution in [1.29, 1.82) is 0 Å². The molecule has 2 aromatic rings. The molecule has 1 aliphatic carbocycles. The molecule has 0 heterocycles. The lowest BCUT2D eigenvalue weighted by Crippen LogP contribution is -1.99. The van der Waals surface area contributed by atoms with Crippen LogP contribution in [0.25, 0.3) is 11.1 Å². The van der Waals surface area contributed by atoms with Crippen molar-refractivity contribution in [3.63, 3.8) is 0 Å². The van der Waals surface area contributed by atoms with E-state index in [-0.39, 0.29) is 6.10 Å². The number of rotatable bonds is 2. The van der Waals surface area contributed by atoms with Gasteiger partial charge in [0.15, 0.2) is 0 Å². The minimum Gasteiger partial charge on any atom is -0.388 e. The first-order valence-corrected chi connectivity index (χ1v) is 5.79. The average molecular weight is 225 g/mol. The number of ether oxygens (including phenoxy) is 1. The van der Waals surface area contributed by atoms with Crippen LogP contribution in [-0.2, 0) is 4.74 Å². The van der Waals surface area contributed by atoms with Crippen molar-refractivity contribution >= 4 is 5.69 Å². The van der Waals surface area contributed by atoms with Gasteiger partial charge in [-0.3, -0.25) is 0 Å². The number of benzene rings is 2. The van der Waals surface area contributed by atoms with Crippen molar-refractivity contribution in [2.45, 2.75) is 6.10 Å². The number of fused-ring (bicyclic) bond motifs is 3. The van der Waals surface area contributed by atoms with Crippen molar-refractivity contribution in [2.75, 3.05) is 19.5 Å². The van der Waals surface area contributed by atoms with E-state index >= 15 is 0 Å². The first-order valence-electron chi connectivity index (χ1n) is 5.79. The van der Waals surface area contributed by atoms with Crippen molar-refractivity contribution in [3.05, 3.63) is 53.6 Å². The highest BCUT2D eigenvalue weighted by Crippen LogP contribution is 2.45. The molecule has 0 fully saturated rings. The molecular formula is C15H15NO. The van der Waals surface area contributed by atoms with Crippen LogP contribution in [0.3, 0.4) is 0 Å². The van der Waals surface area contributed by atoms with Crippen LogP contribution in [0, 0.1) is 0 Å². The zero-order valence-electron chi connectivity index (χ0n) is 10.0. The van der Waals surface area contributed by atoms with Crippen molar-refractivity contribution in [3.8, 4) is 11.1 Å². The molecule has 0 aromatic heterocycles. The molecule has 1 aliphatic rings. The summed E-state index contributed by atoms with van der Waals surface area (Å²) in [5, 5.41) is 3.17. The van der Waals surface area contributed by atoms with Gasteiger partial charge in [-0.25, -0.2) is 0 Å². The van der Waals surface area contributed by atoms with E-state index in [0.29, 0.717) is 0 Å². The quantitative estimate of drug-likeness (QED) is 0.845. The fourth-order valence-electron chi connectivity index (χ4n) is 2.57. The van der Waals surface area contributed by atoms with E-state index in [4.69, 9.17) is 4.74 Å². The van der Waals surface area contributed by atoms with Gasteiger partial charge in [0.25, 0.3) is 0 Å². The van der Waals surface area contributed by atoms with Gasteiger partial charge in [-0.05, 0) is 34.4 Å². The Hall–Kier alpha value is -1.80. The molecule has 3 rings (SSSR count). The van der Waals surface area contributed by atoms with E-state index in [1.165, 1.54) is 22.3 Å². The smallest absolute Gasteiger partial charge is 0.108 e. The maximum Gasteiger partial charge on any atom is 0.108 e. The molecule has 2 nitrogen and oxygen atoms in total. The maximum atomic E-state index is 5.64. The van der Waals surface area contributed by atoms with Gasteiger partial charge >= 0.3 is 0 Å². The third-order valence-corrected chi connectivity index (χ3v) is 3.39. The number of nitrogens with one attached hydrogen (secondary N) is 1. The van der Waals surface area contributed by atoms with E-state index in [2.05, 4.69) is 47.8 Å². The minimum absolute atomic E-state index is 0.0644. The summed E-state index contributed by atoms with van der Waals surface area (Å²) in [6, 6.07) is 14.9. The highest BCUT2D eigenvalue weighted by atomic mass is 16.5. The zero-order chi connectivity index (χ0) is 11.8. The molecule has 86 valence electrons. The second-order valence-corrected chi connectivity index (χ2v) is 4.26. The van der Waals surface area contributed by atoms with Crippen LogP contribution in [0.1, 0.15) is 17.2 Å². The van der Waals surface area contributed by atoms with Crippen molar-refractivity contribution in [1.82, 2.24) is 0 Å². The molecule has 1 unspecified atom stereocenters. The summed E-state index contributed by atoms with van der Waals surface area (Å²) in [6.45, 7) is 0. The Bertz CT molecular complexity index is 563. The van der Waals surface area contributed by atoms with Gasteiger partial charge in [0.05, 0.1) is 0 Å². The summed E-state index contributed by atoms with van der Waals surface area (Å²) < 4.78 is 5.64. The molecule has 2 heteroatoms. The Morgan fingerprint density at radius 2 is 1.76 bits per heavy atom. The lowest BCUT2D eigenvalue weighted by molar-refractivity contribution is 0.140. The average Bonchev–Trinajstić information content (AvgIpc) is 2.71. The van der Waals surface area contributed by atoms with Crippen LogP contribution in [-0.4, -0.2) is 14.2 Å². The number of hydrogen-bond acceptors (Lipinski definition) is 2. The summed E-state index contributed by atoms with van der Waals surface area (Å²) in [6.07, 6.45) is 0.0644.